The van der Waals surface area contributed by atoms with Gasteiger partial charge in [0.15, 0.2) is 0 Å². The molecule has 6 heteroatoms. The number of hydrogen-bond donors (Lipinski definition) is 1. The number of thiophene rings is 1. The average Bonchev–Trinajstić information content (AvgIpc) is 3.01. The van der Waals surface area contributed by atoms with Crippen LogP contribution in [0.3, 0.4) is 0 Å². The maximum absolute atomic E-state index is 12.7. The Balaban J connectivity index is 0.00000144. The van der Waals surface area contributed by atoms with Gasteiger partial charge in [0.2, 0.25) is 0 Å². The number of pyridine rings is 1. The molecular weight excluding hydrogens is 286 g/mol. The summed E-state index contributed by atoms with van der Waals surface area (Å²) in [4.78, 5) is 22.8. The number of ether oxygens (including phenoxy) is 1. The molecule has 0 saturated carbocycles. The Morgan fingerprint density at radius 2 is 2.43 bits per heavy atom. The average molecular weight is 301 g/mol. The Hall–Kier alpha value is -2.34. The van der Waals surface area contributed by atoms with Crippen molar-refractivity contribution in [2.45, 2.75) is 6.54 Å². The number of aromatic amines is 1. The zero-order valence-corrected chi connectivity index (χ0v) is 12.0. The van der Waals surface area contributed by atoms with Crippen molar-refractivity contribution in [1.82, 2.24) is 14.9 Å². The lowest BCUT2D eigenvalue weighted by molar-refractivity contribution is 0.0728. The van der Waals surface area contributed by atoms with Crippen LogP contribution in [0.1, 0.15) is 17.5 Å². The first-order valence-corrected chi connectivity index (χ1v) is 7.60. The minimum absolute atomic E-state index is 0. The van der Waals surface area contributed by atoms with Crippen LogP contribution in [-0.2, 0) is 6.54 Å². The van der Waals surface area contributed by atoms with E-state index in [2.05, 4.69) is 9.97 Å². The summed E-state index contributed by atoms with van der Waals surface area (Å²) in [5.41, 5.74) is 1.57. The number of rotatable bonds is 1. The number of amides is 1. The van der Waals surface area contributed by atoms with Gasteiger partial charge >= 0.3 is 0 Å². The van der Waals surface area contributed by atoms with Crippen molar-refractivity contribution < 1.29 is 11.0 Å². The Morgan fingerprint density at radius 1 is 1.48 bits per heavy atom. The van der Waals surface area contributed by atoms with Crippen molar-refractivity contribution in [3.63, 3.8) is 0 Å². The van der Waals surface area contributed by atoms with Crippen LogP contribution in [0.5, 0.6) is 5.75 Å². The van der Waals surface area contributed by atoms with Crippen LogP contribution in [0, 0.1) is 0 Å². The molecule has 0 aromatic carbocycles. The number of aromatic nitrogens is 2. The van der Waals surface area contributed by atoms with Gasteiger partial charge in [0.1, 0.15) is 22.9 Å². The second kappa shape index (κ2) is 4.89. The summed E-state index contributed by atoms with van der Waals surface area (Å²) in [5.74, 6) is 0.812. The topological polar surface area (TPSA) is 58.2 Å². The van der Waals surface area contributed by atoms with Gasteiger partial charge in [0.25, 0.3) is 5.91 Å². The minimum atomic E-state index is -0.00120. The van der Waals surface area contributed by atoms with Gasteiger partial charge in [-0.15, -0.1) is 11.3 Å². The van der Waals surface area contributed by atoms with Crippen LogP contribution in [0.2, 0.25) is 0 Å². The second-order valence-corrected chi connectivity index (χ2v) is 5.86. The third-order valence-corrected chi connectivity index (χ3v) is 4.45. The first-order valence-electron chi connectivity index (χ1n) is 6.72. The number of nitrogens with zero attached hydrogens (tertiary/aromatic N) is 2. The molecule has 0 bridgehead atoms. The van der Waals surface area contributed by atoms with E-state index in [9.17, 15) is 4.79 Å². The fourth-order valence-corrected chi connectivity index (χ4v) is 3.31. The normalized spacial score (nSPS) is 14.6. The summed E-state index contributed by atoms with van der Waals surface area (Å²) in [7, 11) is 0. The van der Waals surface area contributed by atoms with E-state index in [0.717, 1.165) is 21.5 Å². The SMILES string of the molecule is O=C(c1cc2ccsc2[nH]1)N1CCOc2ccncc2C1.[HH]. The van der Waals surface area contributed by atoms with Gasteiger partial charge in [0, 0.05) is 24.8 Å². The first-order chi connectivity index (χ1) is 10.3. The maximum Gasteiger partial charge on any atom is 0.270 e. The van der Waals surface area contributed by atoms with E-state index in [0.29, 0.717) is 25.4 Å². The van der Waals surface area contributed by atoms with Gasteiger partial charge in [-0.3, -0.25) is 9.78 Å². The van der Waals surface area contributed by atoms with Crippen molar-refractivity contribution in [1.29, 1.82) is 0 Å². The zero-order chi connectivity index (χ0) is 14.2. The molecule has 0 radical (unpaired) electrons. The molecule has 1 amide bonds. The third kappa shape index (κ3) is 2.17. The van der Waals surface area contributed by atoms with E-state index < -0.39 is 0 Å². The molecule has 0 spiro atoms. The summed E-state index contributed by atoms with van der Waals surface area (Å²) in [6, 6.07) is 5.76. The van der Waals surface area contributed by atoms with Crippen LogP contribution < -0.4 is 4.74 Å². The van der Waals surface area contributed by atoms with Crippen molar-refractivity contribution in [2.75, 3.05) is 13.2 Å². The monoisotopic (exact) mass is 301 g/mol. The predicted octanol–water partition coefficient (Wildman–Crippen LogP) is 2.91. The van der Waals surface area contributed by atoms with Crippen molar-refractivity contribution >= 4 is 27.5 Å². The number of carbonyl (C=O) groups excluding carboxylic acids is 1. The number of carbonyl (C=O) groups is 1. The molecule has 1 N–H and O–H groups in total. The maximum atomic E-state index is 12.7. The minimum Gasteiger partial charge on any atom is -0.491 e. The number of H-pyrrole nitrogens is 1. The fourth-order valence-electron chi connectivity index (χ4n) is 2.53. The van der Waals surface area contributed by atoms with Gasteiger partial charge < -0.3 is 14.6 Å². The molecule has 0 unspecified atom stereocenters. The van der Waals surface area contributed by atoms with Crippen molar-refractivity contribution in [3.05, 3.63) is 47.2 Å². The standard InChI is InChI=1S/C15H13N3O2S.H2/c19-15(12-7-10-2-6-21-14(10)17-12)18-4-5-20-13-1-3-16-8-11(13)9-18;/h1-3,6-8,17H,4-5,9H2;1H. The number of nitrogens with one attached hydrogen (secondary N) is 1. The van der Waals surface area contributed by atoms with Crippen LogP contribution in [-0.4, -0.2) is 33.9 Å². The summed E-state index contributed by atoms with van der Waals surface area (Å²) < 4.78 is 5.67. The molecule has 3 aromatic rings. The molecule has 5 nitrogen and oxygen atoms in total. The molecular formula is C15H15N3O2S. The lowest BCUT2D eigenvalue weighted by Crippen LogP contribution is -2.32. The molecule has 1 aliphatic rings. The lowest BCUT2D eigenvalue weighted by Gasteiger charge is -2.18. The molecule has 0 aliphatic carbocycles. The Bertz CT molecular complexity index is 785. The summed E-state index contributed by atoms with van der Waals surface area (Å²) in [6.45, 7) is 1.59. The second-order valence-electron chi connectivity index (χ2n) is 4.95. The molecule has 4 rings (SSSR count). The largest absolute Gasteiger partial charge is 0.491 e. The van der Waals surface area contributed by atoms with Gasteiger partial charge in [-0.2, -0.15) is 0 Å². The number of hydrogen-bond acceptors (Lipinski definition) is 4. The quantitative estimate of drug-likeness (QED) is 0.752. The van der Waals surface area contributed by atoms with Gasteiger partial charge in [-0.05, 0) is 23.6 Å². The summed E-state index contributed by atoms with van der Waals surface area (Å²) in [6.07, 6.45) is 3.46. The van der Waals surface area contributed by atoms with Crippen LogP contribution in [0.4, 0.5) is 0 Å². The van der Waals surface area contributed by atoms with E-state index >= 15 is 0 Å². The molecule has 4 heterocycles. The molecule has 1 aliphatic heterocycles. The van der Waals surface area contributed by atoms with E-state index in [1.165, 1.54) is 0 Å². The molecule has 0 saturated heterocycles. The van der Waals surface area contributed by atoms with E-state index in [1.54, 1.807) is 28.6 Å². The zero-order valence-electron chi connectivity index (χ0n) is 11.2. The summed E-state index contributed by atoms with van der Waals surface area (Å²) in [5, 5.41) is 3.09. The predicted molar refractivity (Wildman–Crippen MR) is 82.8 cm³/mol. The van der Waals surface area contributed by atoms with Crippen molar-refractivity contribution in [3.8, 4) is 5.75 Å². The highest BCUT2D eigenvalue weighted by atomic mass is 32.1. The highest BCUT2D eigenvalue weighted by Crippen LogP contribution is 2.25. The van der Waals surface area contributed by atoms with Crippen LogP contribution >= 0.6 is 11.3 Å². The van der Waals surface area contributed by atoms with E-state index in [-0.39, 0.29) is 7.33 Å². The highest BCUT2D eigenvalue weighted by molar-refractivity contribution is 7.16. The summed E-state index contributed by atoms with van der Waals surface area (Å²) >= 11 is 1.60. The Labute approximate surface area is 126 Å². The Morgan fingerprint density at radius 3 is 3.33 bits per heavy atom. The third-order valence-electron chi connectivity index (χ3n) is 3.60. The first kappa shape index (κ1) is 12.4. The van der Waals surface area contributed by atoms with Crippen LogP contribution in [0.15, 0.2) is 36.0 Å². The fraction of sp³-hybridized carbons (Fsp3) is 0.200. The van der Waals surface area contributed by atoms with Gasteiger partial charge in [0.05, 0.1) is 13.1 Å². The highest BCUT2D eigenvalue weighted by Gasteiger charge is 2.22. The van der Waals surface area contributed by atoms with Crippen molar-refractivity contribution in [2.24, 2.45) is 0 Å². The van der Waals surface area contributed by atoms with Crippen LogP contribution in [0.25, 0.3) is 10.2 Å². The Kier molecular flexibility index (Phi) is 2.89. The molecule has 108 valence electrons. The van der Waals surface area contributed by atoms with E-state index in [4.69, 9.17) is 4.74 Å². The molecule has 3 aromatic heterocycles. The molecule has 21 heavy (non-hydrogen) atoms. The lowest BCUT2D eigenvalue weighted by atomic mass is 10.2. The van der Waals surface area contributed by atoms with E-state index in [1.807, 2.05) is 23.6 Å². The van der Waals surface area contributed by atoms with Gasteiger partial charge in [-0.1, -0.05) is 0 Å². The smallest absolute Gasteiger partial charge is 0.270 e. The molecule has 0 fully saturated rings. The number of fused-ring (bicyclic) bond motifs is 2. The molecule has 0 atom stereocenters. The van der Waals surface area contributed by atoms with Gasteiger partial charge in [-0.25, -0.2) is 0 Å².